The predicted octanol–water partition coefficient (Wildman–Crippen LogP) is 2.12. The van der Waals surface area contributed by atoms with E-state index in [2.05, 4.69) is 12.2 Å². The summed E-state index contributed by atoms with van der Waals surface area (Å²) in [6, 6.07) is 0.131. The zero-order chi connectivity index (χ0) is 13.8. The van der Waals surface area contributed by atoms with Crippen LogP contribution in [0.3, 0.4) is 0 Å². The van der Waals surface area contributed by atoms with Gasteiger partial charge in [-0.15, -0.1) is 0 Å². The summed E-state index contributed by atoms with van der Waals surface area (Å²) >= 11 is 0. The molecule has 19 heavy (non-hydrogen) atoms. The summed E-state index contributed by atoms with van der Waals surface area (Å²) in [5, 5.41) is 3.15. The third kappa shape index (κ3) is 3.48. The summed E-state index contributed by atoms with van der Waals surface area (Å²) in [6.45, 7) is 4.93. The third-order valence-corrected chi connectivity index (χ3v) is 4.54. The molecule has 2 aliphatic rings. The molecule has 0 heterocycles. The standard InChI is InChI=1S/C15H27NO3/c1-4-19-13-9-12(14(13)18-3)16-15(17)11-7-5-6-10(2)8-11/h10-14H,4-9H2,1-3H3,(H,16,17)/t10-,11+,12-,13+,14-/m0/s1. The van der Waals surface area contributed by atoms with Crippen molar-refractivity contribution in [2.45, 2.75) is 64.2 Å². The monoisotopic (exact) mass is 269 g/mol. The number of carbonyl (C=O) groups excluding carboxylic acids is 1. The Balaban J connectivity index is 1.79. The van der Waals surface area contributed by atoms with Crippen LogP contribution in [-0.4, -0.2) is 37.9 Å². The number of carbonyl (C=O) groups is 1. The van der Waals surface area contributed by atoms with E-state index in [0.29, 0.717) is 12.5 Å². The summed E-state index contributed by atoms with van der Waals surface area (Å²) in [5.74, 6) is 1.10. The number of hydrogen-bond acceptors (Lipinski definition) is 3. The molecular weight excluding hydrogens is 242 g/mol. The van der Waals surface area contributed by atoms with Crippen molar-refractivity contribution in [3.63, 3.8) is 0 Å². The Bertz CT molecular complexity index is 308. The van der Waals surface area contributed by atoms with E-state index in [1.165, 1.54) is 12.8 Å². The molecule has 0 bridgehead atoms. The molecule has 0 aromatic carbocycles. The lowest BCUT2D eigenvalue weighted by atomic mass is 9.80. The maximum atomic E-state index is 12.3. The first-order chi connectivity index (χ1) is 9.15. The normalized spacial score (nSPS) is 38.6. The lowest BCUT2D eigenvalue weighted by Crippen LogP contribution is -2.61. The van der Waals surface area contributed by atoms with Crippen LogP contribution < -0.4 is 5.32 Å². The molecule has 2 saturated carbocycles. The van der Waals surface area contributed by atoms with Gasteiger partial charge in [-0.1, -0.05) is 19.8 Å². The smallest absolute Gasteiger partial charge is 0.223 e. The Morgan fingerprint density at radius 2 is 2.11 bits per heavy atom. The molecule has 0 aliphatic heterocycles. The van der Waals surface area contributed by atoms with Gasteiger partial charge in [0.15, 0.2) is 0 Å². The Morgan fingerprint density at radius 1 is 1.32 bits per heavy atom. The van der Waals surface area contributed by atoms with E-state index in [1.54, 1.807) is 7.11 Å². The minimum absolute atomic E-state index is 0.0184. The molecule has 2 fully saturated rings. The van der Waals surface area contributed by atoms with E-state index in [1.807, 2.05) is 6.92 Å². The number of amides is 1. The highest BCUT2D eigenvalue weighted by molar-refractivity contribution is 5.79. The molecule has 110 valence electrons. The fraction of sp³-hybridized carbons (Fsp3) is 0.933. The van der Waals surface area contributed by atoms with Gasteiger partial charge in [0.1, 0.15) is 6.10 Å². The summed E-state index contributed by atoms with van der Waals surface area (Å²) in [7, 11) is 1.69. The molecule has 1 amide bonds. The first-order valence-electron chi connectivity index (χ1n) is 7.60. The molecule has 5 atom stereocenters. The van der Waals surface area contributed by atoms with Gasteiger partial charge in [0.25, 0.3) is 0 Å². The molecule has 4 nitrogen and oxygen atoms in total. The highest BCUT2D eigenvalue weighted by atomic mass is 16.5. The molecule has 1 N–H and O–H groups in total. The van der Waals surface area contributed by atoms with Crippen LogP contribution in [0.2, 0.25) is 0 Å². The van der Waals surface area contributed by atoms with Gasteiger partial charge in [0.2, 0.25) is 5.91 Å². The Labute approximate surface area is 116 Å². The van der Waals surface area contributed by atoms with Gasteiger partial charge in [-0.2, -0.15) is 0 Å². The second kappa shape index (κ2) is 6.71. The SMILES string of the molecule is CCO[C@@H]1C[C@H](NC(=O)[C@@H]2CCC[C@H](C)C2)[C@@H]1OC. The van der Waals surface area contributed by atoms with Crippen LogP contribution >= 0.6 is 0 Å². The Hall–Kier alpha value is -0.610. The third-order valence-electron chi connectivity index (χ3n) is 4.54. The highest BCUT2D eigenvalue weighted by Gasteiger charge is 2.43. The van der Waals surface area contributed by atoms with E-state index in [9.17, 15) is 4.79 Å². The van der Waals surface area contributed by atoms with Crippen LogP contribution in [0.4, 0.5) is 0 Å². The lowest BCUT2D eigenvalue weighted by Gasteiger charge is -2.44. The van der Waals surface area contributed by atoms with Gasteiger partial charge in [0, 0.05) is 19.6 Å². The fourth-order valence-electron chi connectivity index (χ4n) is 3.39. The van der Waals surface area contributed by atoms with Crippen molar-refractivity contribution in [3.8, 4) is 0 Å². The average Bonchev–Trinajstić information content (AvgIpc) is 2.37. The molecular formula is C15H27NO3. The number of hydrogen-bond donors (Lipinski definition) is 1. The van der Waals surface area contributed by atoms with Crippen LogP contribution in [0.25, 0.3) is 0 Å². The van der Waals surface area contributed by atoms with Crippen molar-refractivity contribution in [1.29, 1.82) is 0 Å². The lowest BCUT2D eigenvalue weighted by molar-refractivity contribution is -0.146. The molecule has 0 saturated heterocycles. The van der Waals surface area contributed by atoms with Crippen molar-refractivity contribution in [3.05, 3.63) is 0 Å². The fourth-order valence-corrected chi connectivity index (χ4v) is 3.39. The van der Waals surface area contributed by atoms with Crippen molar-refractivity contribution in [2.75, 3.05) is 13.7 Å². The van der Waals surface area contributed by atoms with E-state index in [4.69, 9.17) is 9.47 Å². The zero-order valence-electron chi connectivity index (χ0n) is 12.4. The Morgan fingerprint density at radius 3 is 2.74 bits per heavy atom. The number of rotatable bonds is 5. The van der Waals surface area contributed by atoms with Crippen molar-refractivity contribution >= 4 is 5.91 Å². The molecule has 0 radical (unpaired) electrons. The van der Waals surface area contributed by atoms with Gasteiger partial charge in [0.05, 0.1) is 12.1 Å². The highest BCUT2D eigenvalue weighted by Crippen LogP contribution is 2.31. The van der Waals surface area contributed by atoms with E-state index in [-0.39, 0.29) is 30.1 Å². The maximum absolute atomic E-state index is 12.3. The summed E-state index contributed by atoms with van der Waals surface area (Å²) < 4.78 is 11.0. The first kappa shape index (κ1) is 14.8. The number of methoxy groups -OCH3 is 1. The minimum atomic E-state index is 0.0184. The van der Waals surface area contributed by atoms with Gasteiger partial charge >= 0.3 is 0 Å². The Kier molecular flexibility index (Phi) is 5.22. The van der Waals surface area contributed by atoms with E-state index in [0.717, 1.165) is 19.3 Å². The second-order valence-electron chi connectivity index (χ2n) is 6.01. The second-order valence-corrected chi connectivity index (χ2v) is 6.01. The quantitative estimate of drug-likeness (QED) is 0.831. The van der Waals surface area contributed by atoms with Crippen LogP contribution in [0.15, 0.2) is 0 Å². The van der Waals surface area contributed by atoms with Crippen LogP contribution in [0.1, 0.15) is 46.0 Å². The van der Waals surface area contributed by atoms with Gasteiger partial charge < -0.3 is 14.8 Å². The first-order valence-corrected chi connectivity index (χ1v) is 7.60. The minimum Gasteiger partial charge on any atom is -0.377 e. The summed E-state index contributed by atoms with van der Waals surface area (Å²) in [4.78, 5) is 12.3. The average molecular weight is 269 g/mol. The van der Waals surface area contributed by atoms with E-state index < -0.39 is 0 Å². The summed E-state index contributed by atoms with van der Waals surface area (Å²) in [6.07, 6.45) is 5.55. The van der Waals surface area contributed by atoms with Crippen LogP contribution in [0.5, 0.6) is 0 Å². The van der Waals surface area contributed by atoms with Gasteiger partial charge in [-0.05, 0) is 32.1 Å². The molecule has 0 spiro atoms. The number of nitrogens with one attached hydrogen (secondary N) is 1. The van der Waals surface area contributed by atoms with Gasteiger partial charge in [-0.25, -0.2) is 0 Å². The van der Waals surface area contributed by atoms with Crippen molar-refractivity contribution in [1.82, 2.24) is 5.32 Å². The molecule has 4 heteroatoms. The maximum Gasteiger partial charge on any atom is 0.223 e. The van der Waals surface area contributed by atoms with Crippen LogP contribution in [-0.2, 0) is 14.3 Å². The van der Waals surface area contributed by atoms with E-state index >= 15 is 0 Å². The molecule has 2 rings (SSSR count). The molecule has 0 aromatic rings. The zero-order valence-corrected chi connectivity index (χ0v) is 12.4. The van der Waals surface area contributed by atoms with Crippen molar-refractivity contribution in [2.24, 2.45) is 11.8 Å². The largest absolute Gasteiger partial charge is 0.377 e. The number of ether oxygens (including phenoxy) is 2. The molecule has 2 aliphatic carbocycles. The van der Waals surface area contributed by atoms with Crippen LogP contribution in [0, 0.1) is 11.8 Å². The van der Waals surface area contributed by atoms with Gasteiger partial charge in [-0.3, -0.25) is 4.79 Å². The topological polar surface area (TPSA) is 47.6 Å². The molecule has 0 aromatic heterocycles. The van der Waals surface area contributed by atoms with Crippen molar-refractivity contribution < 1.29 is 14.3 Å². The molecule has 0 unspecified atom stereocenters. The summed E-state index contributed by atoms with van der Waals surface area (Å²) in [5.41, 5.74) is 0. The predicted molar refractivity (Wildman–Crippen MR) is 73.9 cm³/mol.